The molecule has 0 radical (unpaired) electrons. The van der Waals surface area contributed by atoms with E-state index in [0.717, 1.165) is 15.7 Å². The maximum absolute atomic E-state index is 5.28. The Morgan fingerprint density at radius 1 is 1.28 bits per heavy atom. The van der Waals surface area contributed by atoms with Gasteiger partial charge in [0.05, 0.1) is 18.5 Å². The van der Waals surface area contributed by atoms with Crippen molar-refractivity contribution in [3.8, 4) is 5.88 Å². The standard InChI is InChI=1S/C13H14BrN3O/c1-2-18-13-4-3-12(9-17-13)16-7-10-5-11(14)8-15-6-10/h3-6,8-9,16H,2,7H2,1H3. The van der Waals surface area contributed by atoms with E-state index in [1.54, 1.807) is 12.4 Å². The lowest BCUT2D eigenvalue weighted by Gasteiger charge is -2.07. The molecule has 0 saturated carbocycles. The first-order valence-corrected chi connectivity index (χ1v) is 6.49. The lowest BCUT2D eigenvalue weighted by atomic mass is 10.3. The highest BCUT2D eigenvalue weighted by molar-refractivity contribution is 9.10. The summed E-state index contributed by atoms with van der Waals surface area (Å²) in [5, 5.41) is 3.28. The highest BCUT2D eigenvalue weighted by Crippen LogP contribution is 2.14. The van der Waals surface area contributed by atoms with Gasteiger partial charge in [0.1, 0.15) is 0 Å². The molecule has 18 heavy (non-hydrogen) atoms. The number of halogens is 1. The smallest absolute Gasteiger partial charge is 0.213 e. The second-order valence-corrected chi connectivity index (χ2v) is 4.60. The van der Waals surface area contributed by atoms with Gasteiger partial charge < -0.3 is 10.1 Å². The van der Waals surface area contributed by atoms with Crippen LogP contribution in [0.3, 0.4) is 0 Å². The molecule has 0 bridgehead atoms. The Kier molecular flexibility index (Phi) is 4.52. The van der Waals surface area contributed by atoms with Crippen LogP contribution >= 0.6 is 15.9 Å². The minimum atomic E-state index is 0.628. The van der Waals surface area contributed by atoms with Gasteiger partial charge in [-0.1, -0.05) is 0 Å². The topological polar surface area (TPSA) is 47.0 Å². The van der Waals surface area contributed by atoms with Crippen molar-refractivity contribution in [2.45, 2.75) is 13.5 Å². The summed E-state index contributed by atoms with van der Waals surface area (Å²) >= 11 is 3.40. The summed E-state index contributed by atoms with van der Waals surface area (Å²) in [6.45, 7) is 3.28. The normalized spacial score (nSPS) is 10.1. The maximum atomic E-state index is 5.28. The fraction of sp³-hybridized carbons (Fsp3) is 0.231. The van der Waals surface area contributed by atoms with E-state index in [4.69, 9.17) is 4.74 Å². The van der Waals surface area contributed by atoms with Crippen molar-refractivity contribution in [3.63, 3.8) is 0 Å². The van der Waals surface area contributed by atoms with Crippen LogP contribution in [-0.2, 0) is 6.54 Å². The summed E-state index contributed by atoms with van der Waals surface area (Å²) < 4.78 is 6.26. The zero-order valence-corrected chi connectivity index (χ0v) is 11.6. The van der Waals surface area contributed by atoms with Gasteiger partial charge in [0.2, 0.25) is 5.88 Å². The van der Waals surface area contributed by atoms with Crippen LogP contribution in [0.1, 0.15) is 12.5 Å². The fourth-order valence-electron chi connectivity index (χ4n) is 1.47. The summed E-state index contributed by atoms with van der Waals surface area (Å²) in [7, 11) is 0. The van der Waals surface area contributed by atoms with Gasteiger partial charge in [-0.3, -0.25) is 4.98 Å². The first-order chi connectivity index (χ1) is 8.78. The Labute approximate surface area is 115 Å². The molecule has 0 aliphatic rings. The Morgan fingerprint density at radius 3 is 2.83 bits per heavy atom. The molecule has 2 heterocycles. The quantitative estimate of drug-likeness (QED) is 0.921. The summed E-state index contributed by atoms with van der Waals surface area (Å²) in [4.78, 5) is 8.30. The second kappa shape index (κ2) is 6.35. The number of nitrogens with one attached hydrogen (secondary N) is 1. The Hall–Kier alpha value is -1.62. The second-order valence-electron chi connectivity index (χ2n) is 3.68. The molecule has 2 aromatic rings. The third kappa shape index (κ3) is 3.70. The number of hydrogen-bond donors (Lipinski definition) is 1. The van der Waals surface area contributed by atoms with Crippen LogP contribution in [0.15, 0.2) is 41.3 Å². The molecule has 94 valence electrons. The van der Waals surface area contributed by atoms with Crippen LogP contribution in [0, 0.1) is 0 Å². The molecule has 0 fully saturated rings. The molecule has 4 nitrogen and oxygen atoms in total. The van der Waals surface area contributed by atoms with Crippen molar-refractivity contribution in [1.82, 2.24) is 9.97 Å². The molecule has 2 aromatic heterocycles. The van der Waals surface area contributed by atoms with E-state index < -0.39 is 0 Å². The highest BCUT2D eigenvalue weighted by atomic mass is 79.9. The summed E-state index contributed by atoms with van der Waals surface area (Å²) in [6.07, 6.45) is 5.36. The Bertz CT molecular complexity index is 502. The third-order valence-corrected chi connectivity index (χ3v) is 2.72. The average molecular weight is 308 g/mol. The largest absolute Gasteiger partial charge is 0.478 e. The van der Waals surface area contributed by atoms with Crippen LogP contribution in [0.4, 0.5) is 5.69 Å². The number of pyridine rings is 2. The molecule has 0 spiro atoms. The molecule has 0 atom stereocenters. The first kappa shape index (κ1) is 12.8. The van der Waals surface area contributed by atoms with E-state index in [-0.39, 0.29) is 0 Å². The number of rotatable bonds is 5. The van der Waals surface area contributed by atoms with Gasteiger partial charge >= 0.3 is 0 Å². The van der Waals surface area contributed by atoms with Crippen molar-refractivity contribution >= 4 is 21.6 Å². The zero-order valence-electron chi connectivity index (χ0n) is 10.1. The van der Waals surface area contributed by atoms with E-state index in [1.807, 2.05) is 31.3 Å². The van der Waals surface area contributed by atoms with Crippen molar-refractivity contribution in [1.29, 1.82) is 0 Å². The SMILES string of the molecule is CCOc1ccc(NCc2cncc(Br)c2)cn1. The average Bonchev–Trinajstić information content (AvgIpc) is 2.38. The Morgan fingerprint density at radius 2 is 2.17 bits per heavy atom. The molecule has 2 rings (SSSR count). The van der Waals surface area contributed by atoms with Gasteiger partial charge in [-0.15, -0.1) is 0 Å². The van der Waals surface area contributed by atoms with E-state index in [2.05, 4.69) is 31.2 Å². The molecule has 0 amide bonds. The lowest BCUT2D eigenvalue weighted by molar-refractivity contribution is 0.327. The molecule has 0 saturated heterocycles. The van der Waals surface area contributed by atoms with Gasteiger partial charge in [-0.05, 0) is 40.5 Å². The summed E-state index contributed by atoms with van der Waals surface area (Å²) in [6, 6.07) is 5.83. The highest BCUT2D eigenvalue weighted by Gasteiger charge is 1.98. The van der Waals surface area contributed by atoms with E-state index in [9.17, 15) is 0 Å². The zero-order chi connectivity index (χ0) is 12.8. The first-order valence-electron chi connectivity index (χ1n) is 5.70. The lowest BCUT2D eigenvalue weighted by Crippen LogP contribution is -2.01. The van der Waals surface area contributed by atoms with E-state index in [0.29, 0.717) is 19.0 Å². The molecule has 0 aromatic carbocycles. The van der Waals surface area contributed by atoms with Gasteiger partial charge in [0, 0.05) is 29.5 Å². The van der Waals surface area contributed by atoms with Crippen LogP contribution in [0.25, 0.3) is 0 Å². The molecule has 0 aliphatic carbocycles. The number of aromatic nitrogens is 2. The van der Waals surface area contributed by atoms with Crippen molar-refractivity contribution in [2.75, 3.05) is 11.9 Å². The molecular weight excluding hydrogens is 294 g/mol. The number of anilines is 1. The molecular formula is C13H14BrN3O. The predicted octanol–water partition coefficient (Wildman–Crippen LogP) is 3.25. The summed E-state index contributed by atoms with van der Waals surface area (Å²) in [5.74, 6) is 0.646. The number of hydrogen-bond acceptors (Lipinski definition) is 4. The predicted molar refractivity (Wildman–Crippen MR) is 74.7 cm³/mol. The molecule has 0 unspecified atom stereocenters. The van der Waals surface area contributed by atoms with Crippen molar-refractivity contribution in [3.05, 3.63) is 46.8 Å². The van der Waals surface area contributed by atoms with Gasteiger partial charge in [0.25, 0.3) is 0 Å². The minimum Gasteiger partial charge on any atom is -0.478 e. The number of nitrogens with zero attached hydrogens (tertiary/aromatic N) is 2. The van der Waals surface area contributed by atoms with E-state index in [1.165, 1.54) is 0 Å². The number of ether oxygens (including phenoxy) is 1. The van der Waals surface area contributed by atoms with Crippen LogP contribution in [0.2, 0.25) is 0 Å². The maximum Gasteiger partial charge on any atom is 0.213 e. The van der Waals surface area contributed by atoms with Crippen LogP contribution < -0.4 is 10.1 Å². The monoisotopic (exact) mass is 307 g/mol. The molecule has 1 N–H and O–H groups in total. The van der Waals surface area contributed by atoms with Crippen molar-refractivity contribution < 1.29 is 4.74 Å². The van der Waals surface area contributed by atoms with Crippen molar-refractivity contribution in [2.24, 2.45) is 0 Å². The molecule has 0 aliphatic heterocycles. The van der Waals surface area contributed by atoms with E-state index >= 15 is 0 Å². The Balaban J connectivity index is 1.93. The fourth-order valence-corrected chi connectivity index (χ4v) is 1.89. The summed E-state index contributed by atoms with van der Waals surface area (Å²) in [5.41, 5.74) is 2.07. The van der Waals surface area contributed by atoms with Crippen LogP contribution in [0.5, 0.6) is 5.88 Å². The van der Waals surface area contributed by atoms with Gasteiger partial charge in [-0.2, -0.15) is 0 Å². The third-order valence-electron chi connectivity index (χ3n) is 2.29. The van der Waals surface area contributed by atoms with Gasteiger partial charge in [0.15, 0.2) is 0 Å². The van der Waals surface area contributed by atoms with Gasteiger partial charge in [-0.25, -0.2) is 4.98 Å². The molecule has 5 heteroatoms. The minimum absolute atomic E-state index is 0.628. The van der Waals surface area contributed by atoms with Crippen LogP contribution in [-0.4, -0.2) is 16.6 Å².